The van der Waals surface area contributed by atoms with Gasteiger partial charge in [0.15, 0.2) is 6.29 Å². The largest absolute Gasteiger partial charge is 0.349 e. The molecule has 1 atom stereocenters. The molecule has 0 aromatic rings. The van der Waals surface area contributed by atoms with Crippen LogP contribution in [0, 0.1) is 5.92 Å². The minimum absolute atomic E-state index is 0.0638. The molecular formula is C15H27NO2. The second kappa shape index (κ2) is 6.36. The Morgan fingerprint density at radius 2 is 1.56 bits per heavy atom. The Bertz CT molecular complexity index is 247. The topological polar surface area (TPSA) is 21.7 Å². The highest BCUT2D eigenvalue weighted by Crippen LogP contribution is 2.29. The Hall–Kier alpha value is -0.120. The number of hydrogen-bond acceptors (Lipinski definition) is 3. The van der Waals surface area contributed by atoms with Gasteiger partial charge in [0.05, 0.1) is 19.3 Å². The summed E-state index contributed by atoms with van der Waals surface area (Å²) in [5.41, 5.74) is 0. The molecule has 1 saturated carbocycles. The fraction of sp³-hybridized carbons (Fsp3) is 1.00. The summed E-state index contributed by atoms with van der Waals surface area (Å²) in [6, 6.07) is 0.531. The lowest BCUT2D eigenvalue weighted by atomic mass is 9.88. The zero-order chi connectivity index (χ0) is 12.2. The molecule has 2 aliphatic heterocycles. The molecule has 1 aliphatic carbocycles. The Labute approximate surface area is 111 Å². The highest BCUT2D eigenvalue weighted by atomic mass is 16.7. The van der Waals surface area contributed by atoms with E-state index in [1.54, 1.807) is 0 Å². The number of likely N-dealkylation sites (tertiary alicyclic amines) is 1. The van der Waals surface area contributed by atoms with Gasteiger partial charge in [0, 0.05) is 6.54 Å². The van der Waals surface area contributed by atoms with Gasteiger partial charge in [-0.15, -0.1) is 0 Å². The quantitative estimate of drug-likeness (QED) is 0.772. The van der Waals surface area contributed by atoms with E-state index in [0.29, 0.717) is 6.04 Å². The molecule has 0 spiro atoms. The lowest BCUT2D eigenvalue weighted by Crippen LogP contribution is -2.49. The summed E-state index contributed by atoms with van der Waals surface area (Å²) in [6.07, 6.45) is 11.2. The van der Waals surface area contributed by atoms with E-state index in [4.69, 9.17) is 9.47 Å². The molecule has 3 rings (SSSR count). The van der Waals surface area contributed by atoms with Gasteiger partial charge in [-0.2, -0.15) is 0 Å². The van der Waals surface area contributed by atoms with Crippen molar-refractivity contribution in [3.8, 4) is 0 Å². The maximum atomic E-state index is 5.75. The first-order chi connectivity index (χ1) is 8.93. The smallest absolute Gasteiger partial charge is 0.173 e. The highest BCUT2D eigenvalue weighted by Gasteiger charge is 2.34. The summed E-state index contributed by atoms with van der Waals surface area (Å²) in [5, 5.41) is 0. The van der Waals surface area contributed by atoms with E-state index in [-0.39, 0.29) is 6.29 Å². The van der Waals surface area contributed by atoms with Gasteiger partial charge in [0.2, 0.25) is 0 Å². The molecule has 3 fully saturated rings. The summed E-state index contributed by atoms with van der Waals surface area (Å²) in [4.78, 5) is 2.68. The van der Waals surface area contributed by atoms with E-state index >= 15 is 0 Å². The normalized spacial score (nSPS) is 33.0. The molecule has 3 heteroatoms. The van der Waals surface area contributed by atoms with Crippen LogP contribution >= 0.6 is 0 Å². The van der Waals surface area contributed by atoms with Gasteiger partial charge in [-0.3, -0.25) is 4.90 Å². The Kier molecular flexibility index (Phi) is 4.55. The van der Waals surface area contributed by atoms with E-state index in [2.05, 4.69) is 4.90 Å². The van der Waals surface area contributed by atoms with Crippen molar-refractivity contribution in [2.24, 2.45) is 5.92 Å². The predicted molar refractivity (Wildman–Crippen MR) is 71.5 cm³/mol. The minimum Gasteiger partial charge on any atom is -0.349 e. The van der Waals surface area contributed by atoms with E-state index in [1.165, 1.54) is 64.5 Å². The first kappa shape index (κ1) is 12.9. The predicted octanol–water partition coefficient (Wildman–Crippen LogP) is 2.79. The third kappa shape index (κ3) is 3.06. The van der Waals surface area contributed by atoms with Crippen LogP contribution in [-0.2, 0) is 9.47 Å². The van der Waals surface area contributed by atoms with Crippen molar-refractivity contribution in [3.63, 3.8) is 0 Å². The highest BCUT2D eigenvalue weighted by molar-refractivity contribution is 4.83. The molecule has 0 N–H and O–H groups in total. The maximum Gasteiger partial charge on any atom is 0.173 e. The van der Waals surface area contributed by atoms with E-state index < -0.39 is 0 Å². The molecule has 104 valence electrons. The number of hydrogen-bond donors (Lipinski definition) is 0. The molecular weight excluding hydrogens is 226 g/mol. The van der Waals surface area contributed by atoms with Crippen molar-refractivity contribution in [2.45, 2.75) is 63.7 Å². The molecule has 2 heterocycles. The van der Waals surface area contributed by atoms with Gasteiger partial charge >= 0.3 is 0 Å². The van der Waals surface area contributed by atoms with Crippen LogP contribution in [0.15, 0.2) is 0 Å². The van der Waals surface area contributed by atoms with Crippen molar-refractivity contribution in [3.05, 3.63) is 0 Å². The van der Waals surface area contributed by atoms with Crippen LogP contribution in [0.5, 0.6) is 0 Å². The fourth-order valence-electron chi connectivity index (χ4n) is 3.85. The van der Waals surface area contributed by atoms with Crippen molar-refractivity contribution < 1.29 is 9.47 Å². The average Bonchev–Trinajstić information content (AvgIpc) is 2.94. The summed E-state index contributed by atoms with van der Waals surface area (Å²) in [5.74, 6) is 0.931. The second-order valence-electron chi connectivity index (χ2n) is 6.17. The van der Waals surface area contributed by atoms with Gasteiger partial charge in [-0.25, -0.2) is 0 Å². The van der Waals surface area contributed by atoms with Crippen LogP contribution in [0.4, 0.5) is 0 Å². The Morgan fingerprint density at radius 3 is 2.33 bits per heavy atom. The fourth-order valence-corrected chi connectivity index (χ4v) is 3.85. The summed E-state index contributed by atoms with van der Waals surface area (Å²) in [7, 11) is 0. The van der Waals surface area contributed by atoms with Crippen LogP contribution in [0.25, 0.3) is 0 Å². The number of piperidine rings is 1. The molecule has 0 amide bonds. The zero-order valence-electron chi connectivity index (χ0n) is 11.5. The number of rotatable bonds is 3. The average molecular weight is 253 g/mol. The first-order valence-electron chi connectivity index (χ1n) is 7.91. The van der Waals surface area contributed by atoms with Crippen LogP contribution in [0.3, 0.4) is 0 Å². The van der Waals surface area contributed by atoms with E-state index in [1.807, 2.05) is 0 Å². The molecule has 3 aliphatic rings. The molecule has 18 heavy (non-hydrogen) atoms. The van der Waals surface area contributed by atoms with Crippen LogP contribution in [0.1, 0.15) is 51.4 Å². The second-order valence-corrected chi connectivity index (χ2v) is 6.17. The van der Waals surface area contributed by atoms with Gasteiger partial charge in [-0.05, 0) is 38.1 Å². The van der Waals surface area contributed by atoms with Crippen molar-refractivity contribution >= 4 is 0 Å². The third-order valence-electron chi connectivity index (χ3n) is 4.84. The zero-order valence-corrected chi connectivity index (χ0v) is 11.5. The van der Waals surface area contributed by atoms with Gasteiger partial charge in [0.25, 0.3) is 0 Å². The Balaban J connectivity index is 1.56. The standard InChI is InChI=1S/C15H27NO2/c1-2-6-13(7-3-1)12-16-9-5-4-8-14(16)15-17-10-11-18-15/h13-15H,1-12H2. The summed E-state index contributed by atoms with van der Waals surface area (Å²) in [6.45, 7) is 4.12. The van der Waals surface area contributed by atoms with Crippen molar-refractivity contribution in [1.29, 1.82) is 0 Å². The van der Waals surface area contributed by atoms with Crippen LogP contribution in [0.2, 0.25) is 0 Å². The summed E-state index contributed by atoms with van der Waals surface area (Å²) >= 11 is 0. The maximum absolute atomic E-state index is 5.75. The lowest BCUT2D eigenvalue weighted by Gasteiger charge is -2.40. The van der Waals surface area contributed by atoms with Crippen molar-refractivity contribution in [2.75, 3.05) is 26.3 Å². The number of nitrogens with zero attached hydrogens (tertiary/aromatic N) is 1. The van der Waals surface area contributed by atoms with Gasteiger partial charge in [-0.1, -0.05) is 25.7 Å². The molecule has 0 radical (unpaired) electrons. The van der Waals surface area contributed by atoms with E-state index in [9.17, 15) is 0 Å². The van der Waals surface area contributed by atoms with E-state index in [0.717, 1.165) is 19.1 Å². The van der Waals surface area contributed by atoms with Gasteiger partial charge in [0.1, 0.15) is 0 Å². The monoisotopic (exact) mass is 253 g/mol. The van der Waals surface area contributed by atoms with Gasteiger partial charge < -0.3 is 9.47 Å². The number of ether oxygens (including phenoxy) is 2. The molecule has 1 unspecified atom stereocenters. The van der Waals surface area contributed by atoms with Crippen LogP contribution < -0.4 is 0 Å². The lowest BCUT2D eigenvalue weighted by molar-refractivity contribution is -0.112. The third-order valence-corrected chi connectivity index (χ3v) is 4.84. The summed E-state index contributed by atoms with van der Waals surface area (Å²) < 4.78 is 11.5. The molecule has 2 saturated heterocycles. The molecule has 0 aromatic heterocycles. The molecule has 0 bridgehead atoms. The minimum atomic E-state index is 0.0638. The SMILES string of the molecule is C1CCC(CN2CCCCC2C2OCCO2)CC1. The first-order valence-corrected chi connectivity index (χ1v) is 7.91. The molecule has 3 nitrogen and oxygen atoms in total. The van der Waals surface area contributed by atoms with Crippen LogP contribution in [-0.4, -0.2) is 43.5 Å². The molecule has 0 aromatic carbocycles. The van der Waals surface area contributed by atoms with Crippen molar-refractivity contribution in [1.82, 2.24) is 4.90 Å². The Morgan fingerprint density at radius 1 is 0.833 bits per heavy atom.